The normalized spacial score (nSPS) is 11.6. The third-order valence-electron chi connectivity index (χ3n) is 1.11. The van der Waals surface area contributed by atoms with Crippen LogP contribution >= 0.6 is 0 Å². The highest BCUT2D eigenvalue weighted by Crippen LogP contribution is 2.02. The Kier molecular flexibility index (Phi) is 2.83. The Morgan fingerprint density at radius 2 is 1.80 bits per heavy atom. The Morgan fingerprint density at radius 3 is 1.90 bits per heavy atom. The van der Waals surface area contributed by atoms with Crippen molar-refractivity contribution in [3.8, 4) is 0 Å². The smallest absolute Gasteiger partial charge is 0.262 e. The summed E-state index contributed by atoms with van der Waals surface area (Å²) >= 11 is 0. The standard InChI is InChI=1S/C5H10NO3S/c1-5(2)10(8,9)6(3)4-7/h5H,1-3H3. The Morgan fingerprint density at radius 1 is 1.40 bits per heavy atom. The number of amides is 1. The molecule has 10 heavy (non-hydrogen) atoms. The highest BCUT2D eigenvalue weighted by Gasteiger charge is 2.20. The average molecular weight is 164 g/mol. The monoisotopic (exact) mass is 164 g/mol. The lowest BCUT2D eigenvalue weighted by Crippen LogP contribution is -2.31. The Hall–Kier alpha value is -0.580. The van der Waals surface area contributed by atoms with E-state index in [-0.39, 0.29) is 0 Å². The molecule has 0 aromatic rings. The van der Waals surface area contributed by atoms with Crippen LogP contribution in [0.2, 0.25) is 0 Å². The number of hydrogen-bond acceptors (Lipinski definition) is 3. The summed E-state index contributed by atoms with van der Waals surface area (Å²) in [5.74, 6) is 0. The van der Waals surface area contributed by atoms with Crippen molar-refractivity contribution in [2.75, 3.05) is 7.05 Å². The molecule has 0 bridgehead atoms. The zero-order valence-corrected chi connectivity index (χ0v) is 6.97. The molecule has 4 nitrogen and oxygen atoms in total. The molecule has 0 spiro atoms. The summed E-state index contributed by atoms with van der Waals surface area (Å²) in [5.41, 5.74) is 0. The van der Waals surface area contributed by atoms with Gasteiger partial charge >= 0.3 is 6.41 Å². The lowest BCUT2D eigenvalue weighted by Gasteiger charge is -2.12. The lowest BCUT2D eigenvalue weighted by molar-refractivity contribution is 0.494. The third-order valence-corrected chi connectivity index (χ3v) is 3.14. The maximum absolute atomic E-state index is 10.9. The van der Waals surface area contributed by atoms with Gasteiger partial charge in [0.25, 0.3) is 0 Å². The summed E-state index contributed by atoms with van der Waals surface area (Å²) in [6, 6.07) is 0. The van der Waals surface area contributed by atoms with E-state index in [1.165, 1.54) is 27.3 Å². The zero-order valence-electron chi connectivity index (χ0n) is 6.16. The quantitative estimate of drug-likeness (QED) is 0.539. The van der Waals surface area contributed by atoms with Crippen LogP contribution in [-0.2, 0) is 14.8 Å². The second-order valence-corrected chi connectivity index (χ2v) is 4.67. The largest absolute Gasteiger partial charge is 0.326 e. The van der Waals surface area contributed by atoms with Crippen molar-refractivity contribution in [1.82, 2.24) is 4.31 Å². The molecule has 0 aliphatic carbocycles. The van der Waals surface area contributed by atoms with Gasteiger partial charge in [0.1, 0.15) is 0 Å². The van der Waals surface area contributed by atoms with E-state index in [1.54, 1.807) is 0 Å². The van der Waals surface area contributed by atoms with Crippen LogP contribution in [-0.4, -0.2) is 31.4 Å². The lowest BCUT2D eigenvalue weighted by atomic mass is 10.6. The van der Waals surface area contributed by atoms with Crippen LogP contribution in [0.25, 0.3) is 0 Å². The summed E-state index contributed by atoms with van der Waals surface area (Å²) in [6.45, 7) is 3.01. The molecule has 0 aliphatic heterocycles. The van der Waals surface area contributed by atoms with E-state index >= 15 is 0 Å². The molecule has 0 saturated carbocycles. The molecule has 0 N–H and O–H groups in total. The van der Waals surface area contributed by atoms with Crippen molar-refractivity contribution >= 4 is 16.4 Å². The minimum absolute atomic E-state index is 0.553. The number of rotatable bonds is 3. The molecule has 1 amide bonds. The molecule has 0 atom stereocenters. The molecule has 1 radical (unpaired) electrons. The molecule has 0 rings (SSSR count). The molecule has 59 valence electrons. The fourth-order valence-corrected chi connectivity index (χ4v) is 1.10. The van der Waals surface area contributed by atoms with Gasteiger partial charge in [-0.3, -0.25) is 4.79 Å². The molecule has 0 saturated heterocycles. The molecular formula is C5H10NO3S. The van der Waals surface area contributed by atoms with Crippen LogP contribution in [0.15, 0.2) is 0 Å². The van der Waals surface area contributed by atoms with Gasteiger partial charge in [0.2, 0.25) is 10.0 Å². The minimum atomic E-state index is -3.42. The van der Waals surface area contributed by atoms with E-state index in [4.69, 9.17) is 0 Å². The van der Waals surface area contributed by atoms with Crippen molar-refractivity contribution in [3.63, 3.8) is 0 Å². The molecule has 5 heteroatoms. The first-order valence-corrected chi connectivity index (χ1v) is 4.28. The van der Waals surface area contributed by atoms with Gasteiger partial charge in [0.15, 0.2) is 0 Å². The van der Waals surface area contributed by atoms with Gasteiger partial charge in [-0.15, -0.1) is 0 Å². The van der Waals surface area contributed by atoms with Gasteiger partial charge in [-0.1, -0.05) is 0 Å². The average Bonchev–Trinajstić information content (AvgIpc) is 1.86. The summed E-state index contributed by atoms with van der Waals surface area (Å²) in [4.78, 5) is 9.88. The van der Waals surface area contributed by atoms with Crippen LogP contribution in [0.1, 0.15) is 13.8 Å². The van der Waals surface area contributed by atoms with Crippen molar-refractivity contribution in [2.45, 2.75) is 19.1 Å². The van der Waals surface area contributed by atoms with Crippen molar-refractivity contribution in [1.29, 1.82) is 0 Å². The summed E-state index contributed by atoms with van der Waals surface area (Å²) in [7, 11) is -2.25. The summed E-state index contributed by atoms with van der Waals surface area (Å²) in [5, 5.41) is -0.570. The fourth-order valence-electron chi connectivity index (χ4n) is 0.368. The highest BCUT2D eigenvalue weighted by atomic mass is 32.2. The third kappa shape index (κ3) is 1.70. The van der Waals surface area contributed by atoms with Crippen molar-refractivity contribution < 1.29 is 13.2 Å². The predicted octanol–water partition coefficient (Wildman–Crippen LogP) is -0.276. The molecular weight excluding hydrogens is 154 g/mol. The van der Waals surface area contributed by atoms with Crippen LogP contribution in [0, 0.1) is 0 Å². The molecule has 0 unspecified atom stereocenters. The number of hydrogen-bond donors (Lipinski definition) is 0. The number of sulfonamides is 1. The highest BCUT2D eigenvalue weighted by molar-refractivity contribution is 7.90. The van der Waals surface area contributed by atoms with Gasteiger partial charge in [0, 0.05) is 7.05 Å². The summed E-state index contributed by atoms with van der Waals surface area (Å²) in [6.07, 6.45) is 1.28. The van der Waals surface area contributed by atoms with Crippen molar-refractivity contribution in [2.24, 2.45) is 0 Å². The van der Waals surface area contributed by atoms with Gasteiger partial charge in [-0.25, -0.2) is 12.7 Å². The van der Waals surface area contributed by atoms with Crippen molar-refractivity contribution in [3.05, 3.63) is 0 Å². The first-order valence-electron chi connectivity index (χ1n) is 2.78. The first kappa shape index (κ1) is 9.42. The topological polar surface area (TPSA) is 54.5 Å². The second kappa shape index (κ2) is 3.01. The molecule has 0 aromatic heterocycles. The molecule has 0 aromatic carbocycles. The zero-order chi connectivity index (χ0) is 8.36. The Balaban J connectivity index is 4.58. The van der Waals surface area contributed by atoms with Gasteiger partial charge < -0.3 is 0 Å². The van der Waals surface area contributed by atoms with Crippen LogP contribution < -0.4 is 0 Å². The van der Waals surface area contributed by atoms with E-state index < -0.39 is 15.3 Å². The fraction of sp³-hybridized carbons (Fsp3) is 0.800. The number of nitrogens with zero attached hydrogens (tertiary/aromatic N) is 1. The molecule has 0 aliphatic rings. The van der Waals surface area contributed by atoms with Gasteiger partial charge in [0.05, 0.1) is 5.25 Å². The van der Waals surface area contributed by atoms with E-state index in [1.807, 2.05) is 0 Å². The van der Waals surface area contributed by atoms with Crippen LogP contribution in [0.5, 0.6) is 0 Å². The van der Waals surface area contributed by atoms with Gasteiger partial charge in [-0.05, 0) is 13.8 Å². The maximum Gasteiger partial charge on any atom is 0.326 e. The summed E-state index contributed by atoms with van der Waals surface area (Å²) < 4.78 is 22.4. The van der Waals surface area contributed by atoms with E-state index in [0.29, 0.717) is 4.31 Å². The first-order chi connectivity index (χ1) is 4.42. The number of carbonyl (C=O) groups excluding carboxylic acids is 1. The van der Waals surface area contributed by atoms with E-state index in [2.05, 4.69) is 0 Å². The van der Waals surface area contributed by atoms with E-state index in [9.17, 15) is 13.2 Å². The minimum Gasteiger partial charge on any atom is -0.262 e. The molecule has 0 heterocycles. The Bertz CT molecular complexity index is 207. The van der Waals surface area contributed by atoms with Gasteiger partial charge in [-0.2, -0.15) is 0 Å². The van der Waals surface area contributed by atoms with Crippen LogP contribution in [0.4, 0.5) is 0 Å². The predicted molar refractivity (Wildman–Crippen MR) is 37.5 cm³/mol. The maximum atomic E-state index is 10.9. The molecule has 0 fully saturated rings. The Labute approximate surface area is 60.9 Å². The van der Waals surface area contributed by atoms with E-state index in [0.717, 1.165) is 0 Å². The van der Waals surface area contributed by atoms with Crippen LogP contribution in [0.3, 0.4) is 0 Å². The second-order valence-electron chi connectivity index (χ2n) is 2.15. The SMILES string of the molecule is CC(C)S(=O)(=O)N(C)[C]=O.